The molecule has 0 aromatic carbocycles. The van der Waals surface area contributed by atoms with Crippen molar-refractivity contribution >= 4 is 29.9 Å². The molecule has 1 saturated heterocycles. The van der Waals surface area contributed by atoms with Gasteiger partial charge in [-0.2, -0.15) is 5.26 Å². The number of nitrogens with one attached hydrogen (secondary N) is 1. The fourth-order valence-electron chi connectivity index (χ4n) is 5.11. The van der Waals surface area contributed by atoms with E-state index in [0.717, 1.165) is 31.2 Å². The number of carbonyl (C=O) groups excluding carboxylic acids is 3. The maximum Gasteiger partial charge on any atom is 0.328 e. The third-order valence-electron chi connectivity index (χ3n) is 7.51. The number of anilines is 2. The van der Waals surface area contributed by atoms with Crippen LogP contribution in [0.25, 0.3) is 0 Å². The summed E-state index contributed by atoms with van der Waals surface area (Å²) >= 11 is 0. The summed E-state index contributed by atoms with van der Waals surface area (Å²) in [6, 6.07) is 5.04. The Bertz CT molecular complexity index is 1310. The van der Waals surface area contributed by atoms with E-state index in [1.165, 1.54) is 17.2 Å². The van der Waals surface area contributed by atoms with E-state index in [1.807, 2.05) is 13.0 Å². The summed E-state index contributed by atoms with van der Waals surface area (Å²) in [6.45, 7) is 3.31. The Labute approximate surface area is 220 Å². The van der Waals surface area contributed by atoms with Crippen molar-refractivity contribution in [3.05, 3.63) is 40.7 Å². The number of likely N-dealkylation sites (tertiary alicyclic amines) is 1. The van der Waals surface area contributed by atoms with Crippen LogP contribution in [0.1, 0.15) is 59.8 Å². The van der Waals surface area contributed by atoms with Gasteiger partial charge in [-0.05, 0) is 43.7 Å². The van der Waals surface area contributed by atoms with Gasteiger partial charge in [0.2, 0.25) is 5.91 Å². The summed E-state index contributed by atoms with van der Waals surface area (Å²) < 4.78 is 11.4. The third kappa shape index (κ3) is 4.91. The molecule has 1 aliphatic carbocycles. The number of pyridine rings is 2. The van der Waals surface area contributed by atoms with Crippen LogP contribution in [-0.4, -0.2) is 65.5 Å². The quantitative estimate of drug-likeness (QED) is 0.552. The minimum Gasteiger partial charge on any atom is -0.486 e. The van der Waals surface area contributed by atoms with Gasteiger partial charge in [0.25, 0.3) is 0 Å². The molecular weight excluding hydrogens is 488 g/mol. The minimum atomic E-state index is -0.451. The molecule has 3 atom stereocenters. The van der Waals surface area contributed by atoms with Gasteiger partial charge in [-0.25, -0.2) is 14.8 Å². The van der Waals surface area contributed by atoms with E-state index < -0.39 is 6.03 Å². The molecule has 1 N–H and O–H groups in total. The van der Waals surface area contributed by atoms with Crippen LogP contribution in [-0.2, 0) is 22.5 Å². The zero-order valence-corrected chi connectivity index (χ0v) is 21.5. The van der Waals surface area contributed by atoms with Crippen LogP contribution in [0.15, 0.2) is 18.3 Å². The molecule has 3 aliphatic rings. The molecule has 0 bridgehead atoms. The number of nitriles is 1. The number of aromatic nitrogens is 2. The molecule has 11 nitrogen and oxygen atoms in total. The maximum atomic E-state index is 13.3. The standard InChI is InChI=1S/C27H30N6O5/c1-16-7-9-32(26(16)35)14-18-10-17-4-3-8-33(25(17)30-20(18)15-34)27(36)31-24-11-23(19(12-28)13-29-24)38-22-6-5-21(22)37-2/h10-11,13,15-16,21-22H,3-9,14H2,1-2H3,(H,29,31,36)/t16-,21-,22+/m1/s1. The highest BCUT2D eigenvalue weighted by Gasteiger charge is 2.34. The van der Waals surface area contributed by atoms with Gasteiger partial charge in [0.15, 0.2) is 6.29 Å². The molecule has 5 rings (SSSR count). The predicted octanol–water partition coefficient (Wildman–Crippen LogP) is 3.07. The van der Waals surface area contributed by atoms with Gasteiger partial charge in [0.1, 0.15) is 40.8 Å². The summed E-state index contributed by atoms with van der Waals surface area (Å²) in [6.07, 6.45) is 5.76. The van der Waals surface area contributed by atoms with Gasteiger partial charge < -0.3 is 14.4 Å². The fraction of sp³-hybridized carbons (Fsp3) is 0.481. The molecule has 2 aromatic rings. The molecule has 198 valence electrons. The molecule has 1 saturated carbocycles. The van der Waals surface area contributed by atoms with Gasteiger partial charge in [-0.1, -0.05) is 6.92 Å². The number of hydrogen-bond acceptors (Lipinski definition) is 8. The second-order valence-corrected chi connectivity index (χ2v) is 9.95. The van der Waals surface area contributed by atoms with E-state index in [-0.39, 0.29) is 41.1 Å². The average molecular weight is 519 g/mol. The SMILES string of the molecule is CO[C@@H]1CC[C@@H]1Oc1cc(NC(=O)N2CCCc3cc(CN4CC[C@@H](C)C4=O)c(C=O)nc32)ncc1C#N. The molecule has 2 aromatic heterocycles. The molecule has 0 spiro atoms. The largest absolute Gasteiger partial charge is 0.486 e. The van der Waals surface area contributed by atoms with Crippen molar-refractivity contribution in [3.8, 4) is 11.8 Å². The molecule has 0 radical (unpaired) electrons. The van der Waals surface area contributed by atoms with Crippen molar-refractivity contribution < 1.29 is 23.9 Å². The fourth-order valence-corrected chi connectivity index (χ4v) is 5.11. The number of aldehydes is 1. The second-order valence-electron chi connectivity index (χ2n) is 9.95. The Morgan fingerprint density at radius 2 is 2.08 bits per heavy atom. The molecule has 4 heterocycles. The first kappa shape index (κ1) is 25.6. The van der Waals surface area contributed by atoms with Crippen molar-refractivity contribution in [2.45, 2.75) is 57.8 Å². The third-order valence-corrected chi connectivity index (χ3v) is 7.51. The second kappa shape index (κ2) is 10.8. The summed E-state index contributed by atoms with van der Waals surface area (Å²) in [5.74, 6) is 1.05. The molecular formula is C27H30N6O5. The number of rotatable bonds is 7. The smallest absolute Gasteiger partial charge is 0.328 e. The van der Waals surface area contributed by atoms with Crippen molar-refractivity contribution in [2.24, 2.45) is 5.92 Å². The first-order valence-corrected chi connectivity index (χ1v) is 12.9. The van der Waals surface area contributed by atoms with Crippen LogP contribution < -0.4 is 15.0 Å². The first-order valence-electron chi connectivity index (χ1n) is 12.9. The van der Waals surface area contributed by atoms with Gasteiger partial charge in [0.05, 0.1) is 12.3 Å². The maximum absolute atomic E-state index is 13.3. The lowest BCUT2D eigenvalue weighted by Crippen LogP contribution is -2.42. The predicted molar refractivity (Wildman–Crippen MR) is 137 cm³/mol. The van der Waals surface area contributed by atoms with Gasteiger partial charge >= 0.3 is 6.03 Å². The Morgan fingerprint density at radius 1 is 1.26 bits per heavy atom. The number of ether oxygens (including phenoxy) is 2. The number of urea groups is 1. The summed E-state index contributed by atoms with van der Waals surface area (Å²) in [4.78, 5) is 49.6. The number of methoxy groups -OCH3 is 1. The molecule has 2 aliphatic heterocycles. The molecule has 3 amide bonds. The van der Waals surface area contributed by atoms with Crippen molar-refractivity contribution in [3.63, 3.8) is 0 Å². The van der Waals surface area contributed by atoms with Gasteiger partial charge in [-0.3, -0.25) is 19.8 Å². The van der Waals surface area contributed by atoms with Crippen molar-refractivity contribution in [2.75, 3.05) is 30.4 Å². The lowest BCUT2D eigenvalue weighted by atomic mass is 9.92. The van der Waals surface area contributed by atoms with Crippen molar-refractivity contribution in [1.29, 1.82) is 5.26 Å². The van der Waals surface area contributed by atoms with Gasteiger partial charge in [-0.15, -0.1) is 0 Å². The number of carbonyl (C=O) groups is 3. The van der Waals surface area contributed by atoms with Crippen molar-refractivity contribution in [1.82, 2.24) is 14.9 Å². The van der Waals surface area contributed by atoms with Crippen LogP contribution in [0.2, 0.25) is 0 Å². The Morgan fingerprint density at radius 3 is 2.74 bits per heavy atom. The molecule has 2 fully saturated rings. The molecule has 38 heavy (non-hydrogen) atoms. The highest BCUT2D eigenvalue weighted by atomic mass is 16.5. The zero-order chi connectivity index (χ0) is 26.8. The Balaban J connectivity index is 1.35. The van der Waals surface area contributed by atoms with Crippen LogP contribution in [0.4, 0.5) is 16.4 Å². The summed E-state index contributed by atoms with van der Waals surface area (Å²) in [5.41, 5.74) is 2.02. The number of fused-ring (bicyclic) bond motifs is 1. The topological polar surface area (TPSA) is 138 Å². The summed E-state index contributed by atoms with van der Waals surface area (Å²) in [5, 5.41) is 12.2. The van der Waals surface area contributed by atoms with E-state index >= 15 is 0 Å². The van der Waals surface area contributed by atoms with Gasteiger partial charge in [0, 0.05) is 44.3 Å². The van der Waals surface area contributed by atoms with E-state index in [0.29, 0.717) is 49.5 Å². The highest BCUT2D eigenvalue weighted by molar-refractivity contribution is 6.01. The highest BCUT2D eigenvalue weighted by Crippen LogP contribution is 2.32. The first-order chi connectivity index (χ1) is 18.4. The number of nitrogens with zero attached hydrogens (tertiary/aromatic N) is 5. The monoisotopic (exact) mass is 518 g/mol. The lowest BCUT2D eigenvalue weighted by molar-refractivity contribution is -0.131. The zero-order valence-electron chi connectivity index (χ0n) is 21.5. The molecule has 11 heteroatoms. The van der Waals surface area contributed by atoms with Crippen LogP contribution >= 0.6 is 0 Å². The summed E-state index contributed by atoms with van der Waals surface area (Å²) in [7, 11) is 1.62. The van der Waals surface area contributed by atoms with E-state index in [9.17, 15) is 19.6 Å². The van der Waals surface area contributed by atoms with Crippen LogP contribution in [0.5, 0.6) is 5.75 Å². The van der Waals surface area contributed by atoms with E-state index in [2.05, 4.69) is 21.4 Å². The number of hydrogen-bond donors (Lipinski definition) is 1. The van der Waals surface area contributed by atoms with E-state index in [1.54, 1.807) is 12.0 Å². The van der Waals surface area contributed by atoms with E-state index in [4.69, 9.17) is 9.47 Å². The minimum absolute atomic E-state index is 0.0173. The normalized spacial score (nSPS) is 22.3. The van der Waals surface area contributed by atoms with Crippen LogP contribution in [0.3, 0.4) is 0 Å². The number of aryl methyl sites for hydroxylation is 1. The Hall–Kier alpha value is -4.04. The molecule has 0 unspecified atom stereocenters. The number of amides is 3. The average Bonchev–Trinajstić information content (AvgIpc) is 3.22. The van der Waals surface area contributed by atoms with Crippen LogP contribution in [0, 0.1) is 17.2 Å². The Kier molecular flexibility index (Phi) is 7.24. The lowest BCUT2D eigenvalue weighted by Gasteiger charge is -2.35.